The molecule has 2 saturated heterocycles. The minimum Gasteiger partial charge on any atom is -0.374 e. The lowest BCUT2D eigenvalue weighted by molar-refractivity contribution is 0.0991. The molecule has 15 heavy (non-hydrogen) atoms. The first-order valence-corrected chi connectivity index (χ1v) is 5.97. The third-order valence-corrected chi connectivity index (χ3v) is 4.27. The number of morpholine rings is 1. The van der Waals surface area contributed by atoms with Gasteiger partial charge in [0, 0.05) is 6.54 Å². The molecule has 2 bridgehead atoms. The van der Waals surface area contributed by atoms with E-state index in [-0.39, 0.29) is 0 Å². The number of hydrogen-bond acceptors (Lipinski definition) is 5. The predicted molar refractivity (Wildman–Crippen MR) is 58.0 cm³/mol. The minimum absolute atomic E-state index is 0.314. The highest BCUT2D eigenvalue weighted by atomic mass is 35.5. The van der Waals surface area contributed by atoms with Crippen LogP contribution in [0.5, 0.6) is 0 Å². The van der Waals surface area contributed by atoms with Crippen molar-refractivity contribution in [2.45, 2.75) is 18.6 Å². The van der Waals surface area contributed by atoms with Crippen LogP contribution in [0.2, 0.25) is 5.15 Å². The zero-order valence-electron chi connectivity index (χ0n) is 7.85. The summed E-state index contributed by atoms with van der Waals surface area (Å²) in [6.45, 7) is 1.63. The molecule has 2 fully saturated rings. The standard InChI is InChI=1S/C9H9ClN2O2S/c10-8-7(3-13)15-9(11-8)12-2-6-1-5(12)4-14-6/h3,5-6H,1-2,4H2. The summed E-state index contributed by atoms with van der Waals surface area (Å²) in [5.74, 6) is 0. The molecule has 1 aromatic rings. The van der Waals surface area contributed by atoms with Gasteiger partial charge in [0.1, 0.15) is 4.88 Å². The van der Waals surface area contributed by atoms with Gasteiger partial charge >= 0.3 is 0 Å². The third kappa shape index (κ3) is 1.46. The van der Waals surface area contributed by atoms with Crippen LogP contribution in [0.3, 0.4) is 0 Å². The summed E-state index contributed by atoms with van der Waals surface area (Å²) in [6.07, 6.45) is 2.15. The van der Waals surface area contributed by atoms with Gasteiger partial charge in [-0.2, -0.15) is 0 Å². The Morgan fingerprint density at radius 1 is 1.67 bits per heavy atom. The topological polar surface area (TPSA) is 42.4 Å². The number of fused-ring (bicyclic) bond motifs is 2. The van der Waals surface area contributed by atoms with Crippen molar-refractivity contribution in [3.05, 3.63) is 10.0 Å². The number of anilines is 1. The maximum absolute atomic E-state index is 10.7. The van der Waals surface area contributed by atoms with Gasteiger partial charge < -0.3 is 9.64 Å². The van der Waals surface area contributed by atoms with Gasteiger partial charge in [0.2, 0.25) is 0 Å². The molecule has 3 rings (SSSR count). The van der Waals surface area contributed by atoms with Crippen molar-refractivity contribution in [3.8, 4) is 0 Å². The van der Waals surface area contributed by atoms with Gasteiger partial charge in [-0.05, 0) is 6.42 Å². The summed E-state index contributed by atoms with van der Waals surface area (Å²) in [5, 5.41) is 1.16. The Balaban J connectivity index is 1.90. The molecular weight excluding hydrogens is 236 g/mol. The SMILES string of the molecule is O=Cc1sc(N2CC3CC2CO3)nc1Cl. The van der Waals surface area contributed by atoms with Crippen LogP contribution in [0.4, 0.5) is 5.13 Å². The van der Waals surface area contributed by atoms with E-state index < -0.39 is 0 Å². The molecule has 2 aliphatic rings. The van der Waals surface area contributed by atoms with E-state index in [2.05, 4.69) is 9.88 Å². The Hall–Kier alpha value is -0.650. The van der Waals surface area contributed by atoms with Crippen molar-refractivity contribution in [1.29, 1.82) is 0 Å². The van der Waals surface area contributed by atoms with Crippen LogP contribution in [-0.4, -0.2) is 36.6 Å². The lowest BCUT2D eigenvalue weighted by Gasteiger charge is -2.25. The second-order valence-corrected chi connectivity index (χ2v) is 5.13. The number of aldehydes is 1. The molecule has 0 amide bonds. The summed E-state index contributed by atoms with van der Waals surface area (Å²) < 4.78 is 5.50. The normalized spacial score (nSPS) is 28.7. The van der Waals surface area contributed by atoms with E-state index >= 15 is 0 Å². The van der Waals surface area contributed by atoms with Crippen LogP contribution in [0.1, 0.15) is 16.1 Å². The summed E-state index contributed by atoms with van der Waals surface area (Å²) in [4.78, 5) is 17.6. The number of halogens is 1. The quantitative estimate of drug-likeness (QED) is 0.741. The van der Waals surface area contributed by atoms with Crippen LogP contribution in [0, 0.1) is 0 Å². The molecule has 0 saturated carbocycles. The Kier molecular flexibility index (Phi) is 2.19. The first-order valence-electron chi connectivity index (χ1n) is 4.77. The molecule has 1 aromatic heterocycles. The van der Waals surface area contributed by atoms with E-state index in [1.54, 1.807) is 0 Å². The molecular formula is C9H9ClN2O2S. The van der Waals surface area contributed by atoms with Crippen LogP contribution in [0.15, 0.2) is 0 Å². The Morgan fingerprint density at radius 3 is 3.07 bits per heavy atom. The van der Waals surface area contributed by atoms with Crippen molar-refractivity contribution < 1.29 is 9.53 Å². The van der Waals surface area contributed by atoms with Crippen LogP contribution < -0.4 is 4.90 Å². The Labute approximate surface area is 95.8 Å². The fraction of sp³-hybridized carbons (Fsp3) is 0.556. The molecule has 4 nitrogen and oxygen atoms in total. The van der Waals surface area contributed by atoms with Gasteiger partial charge in [0.15, 0.2) is 16.6 Å². The highest BCUT2D eigenvalue weighted by Gasteiger charge is 2.40. The second kappa shape index (κ2) is 3.43. The van der Waals surface area contributed by atoms with E-state index in [0.29, 0.717) is 22.2 Å². The van der Waals surface area contributed by atoms with E-state index in [0.717, 1.165) is 31.0 Å². The van der Waals surface area contributed by atoms with Crippen molar-refractivity contribution in [1.82, 2.24) is 4.98 Å². The van der Waals surface area contributed by atoms with Gasteiger partial charge in [-0.1, -0.05) is 22.9 Å². The van der Waals surface area contributed by atoms with E-state index in [1.165, 1.54) is 11.3 Å². The summed E-state index contributed by atoms with van der Waals surface area (Å²) in [5.41, 5.74) is 0. The van der Waals surface area contributed by atoms with Crippen molar-refractivity contribution >= 4 is 34.4 Å². The first-order chi connectivity index (χ1) is 7.28. The monoisotopic (exact) mass is 244 g/mol. The summed E-state index contributed by atoms with van der Waals surface area (Å²) >= 11 is 7.19. The summed E-state index contributed by atoms with van der Waals surface area (Å²) in [6, 6.07) is 0.414. The van der Waals surface area contributed by atoms with Gasteiger partial charge in [-0.3, -0.25) is 4.79 Å². The number of carbonyl (C=O) groups excluding carboxylic acids is 1. The van der Waals surface area contributed by atoms with E-state index in [4.69, 9.17) is 16.3 Å². The number of ether oxygens (including phenoxy) is 1. The van der Waals surface area contributed by atoms with Gasteiger partial charge in [-0.25, -0.2) is 4.98 Å². The van der Waals surface area contributed by atoms with Crippen molar-refractivity contribution in [2.75, 3.05) is 18.1 Å². The molecule has 2 aliphatic heterocycles. The molecule has 0 N–H and O–H groups in total. The number of nitrogens with zero attached hydrogens (tertiary/aromatic N) is 2. The fourth-order valence-electron chi connectivity index (χ4n) is 2.13. The third-order valence-electron chi connectivity index (χ3n) is 2.85. The highest BCUT2D eigenvalue weighted by Crippen LogP contribution is 2.36. The molecule has 2 unspecified atom stereocenters. The maximum Gasteiger partial charge on any atom is 0.187 e. The zero-order valence-corrected chi connectivity index (χ0v) is 9.42. The number of carbonyl (C=O) groups is 1. The molecule has 0 radical (unpaired) electrons. The van der Waals surface area contributed by atoms with Crippen LogP contribution in [0.25, 0.3) is 0 Å². The predicted octanol–water partition coefficient (Wildman–Crippen LogP) is 1.59. The van der Waals surface area contributed by atoms with Crippen molar-refractivity contribution in [2.24, 2.45) is 0 Å². The minimum atomic E-state index is 0.314. The number of aromatic nitrogens is 1. The Morgan fingerprint density at radius 2 is 2.53 bits per heavy atom. The zero-order chi connectivity index (χ0) is 10.4. The molecule has 6 heteroatoms. The van der Waals surface area contributed by atoms with E-state index in [1.807, 2.05) is 0 Å². The fourth-order valence-corrected chi connectivity index (χ4v) is 3.27. The van der Waals surface area contributed by atoms with Gasteiger partial charge in [0.25, 0.3) is 0 Å². The van der Waals surface area contributed by atoms with Gasteiger partial charge in [-0.15, -0.1) is 0 Å². The molecule has 0 aromatic carbocycles. The van der Waals surface area contributed by atoms with Crippen LogP contribution >= 0.6 is 22.9 Å². The van der Waals surface area contributed by atoms with Gasteiger partial charge in [0.05, 0.1) is 18.8 Å². The number of thiazole rings is 1. The number of rotatable bonds is 2. The average Bonchev–Trinajstić information content (AvgIpc) is 2.90. The molecule has 0 spiro atoms. The summed E-state index contributed by atoms with van der Waals surface area (Å²) in [7, 11) is 0. The maximum atomic E-state index is 10.7. The lowest BCUT2D eigenvalue weighted by Crippen LogP contribution is -2.36. The van der Waals surface area contributed by atoms with Crippen molar-refractivity contribution in [3.63, 3.8) is 0 Å². The second-order valence-electron chi connectivity index (χ2n) is 3.77. The molecule has 0 aliphatic carbocycles. The first kappa shape index (κ1) is 9.57. The van der Waals surface area contributed by atoms with E-state index in [9.17, 15) is 4.79 Å². The molecule has 80 valence electrons. The average molecular weight is 245 g/mol. The number of hydrogen-bond donors (Lipinski definition) is 0. The largest absolute Gasteiger partial charge is 0.374 e. The lowest BCUT2D eigenvalue weighted by atomic mass is 10.2. The Bertz CT molecular complexity index is 409. The smallest absolute Gasteiger partial charge is 0.187 e. The molecule has 3 heterocycles. The highest BCUT2D eigenvalue weighted by molar-refractivity contribution is 7.17. The van der Waals surface area contributed by atoms with Crippen LogP contribution in [-0.2, 0) is 4.74 Å². The molecule has 2 atom stereocenters.